The average Bonchev–Trinajstić information content (AvgIpc) is 3.42. The predicted molar refractivity (Wildman–Crippen MR) is 122 cm³/mol. The summed E-state index contributed by atoms with van der Waals surface area (Å²) in [5, 5.41) is 8.52. The van der Waals surface area contributed by atoms with Crippen molar-refractivity contribution in [2.45, 2.75) is 6.92 Å². The second-order valence-corrected chi connectivity index (χ2v) is 7.71. The minimum atomic E-state index is -0.296. The Morgan fingerprint density at radius 1 is 0.812 bits per heavy atom. The Bertz CT molecular complexity index is 1580. The summed E-state index contributed by atoms with van der Waals surface area (Å²) in [7, 11) is 0. The molecule has 0 unspecified atom stereocenters. The van der Waals surface area contributed by atoms with Crippen LogP contribution in [0.2, 0.25) is 0 Å². The third-order valence-electron chi connectivity index (χ3n) is 5.46. The van der Waals surface area contributed by atoms with E-state index in [-0.39, 0.29) is 5.82 Å². The molecule has 4 aromatic heterocycles. The number of aryl methyl sites for hydroxylation is 1. The number of benzene rings is 2. The lowest BCUT2D eigenvalue weighted by atomic mass is 10.1. The highest BCUT2D eigenvalue weighted by atomic mass is 19.1. The van der Waals surface area contributed by atoms with Crippen LogP contribution in [0.15, 0.2) is 73.1 Å². The lowest BCUT2D eigenvalue weighted by Gasteiger charge is -2.03. The summed E-state index contributed by atoms with van der Waals surface area (Å²) in [4.78, 5) is 17.1. The lowest BCUT2D eigenvalue weighted by molar-refractivity contribution is 0.627. The van der Waals surface area contributed by atoms with E-state index < -0.39 is 0 Å². The van der Waals surface area contributed by atoms with Crippen LogP contribution < -0.4 is 0 Å². The van der Waals surface area contributed by atoms with Crippen molar-refractivity contribution in [3.63, 3.8) is 0 Å². The molecule has 0 fully saturated rings. The van der Waals surface area contributed by atoms with Crippen LogP contribution in [0.5, 0.6) is 0 Å². The van der Waals surface area contributed by atoms with E-state index in [1.54, 1.807) is 12.4 Å². The highest BCUT2D eigenvalue weighted by Gasteiger charge is 2.17. The molecule has 0 aliphatic carbocycles. The van der Waals surface area contributed by atoms with Gasteiger partial charge in [0.25, 0.3) is 0 Å². The van der Waals surface area contributed by atoms with Crippen LogP contribution in [0.25, 0.3) is 56.0 Å². The first-order chi connectivity index (χ1) is 15.7. The molecule has 0 spiro atoms. The Morgan fingerprint density at radius 2 is 1.75 bits per heavy atom. The van der Waals surface area contributed by atoms with Crippen molar-refractivity contribution >= 4 is 21.9 Å². The normalized spacial score (nSPS) is 11.4. The molecule has 32 heavy (non-hydrogen) atoms. The zero-order valence-corrected chi connectivity index (χ0v) is 17.1. The van der Waals surface area contributed by atoms with Gasteiger partial charge in [-0.3, -0.25) is 15.1 Å². The third-order valence-corrected chi connectivity index (χ3v) is 5.46. The minimum Gasteiger partial charge on any atom is -0.336 e. The predicted octanol–water partition coefficient (Wildman–Crippen LogP) is 5.68. The number of H-pyrrole nitrogens is 2. The molecule has 0 saturated heterocycles. The van der Waals surface area contributed by atoms with E-state index in [9.17, 15) is 4.39 Å². The van der Waals surface area contributed by atoms with Crippen molar-refractivity contribution in [2.75, 3.05) is 0 Å². The van der Waals surface area contributed by atoms with E-state index in [1.165, 1.54) is 12.1 Å². The molecule has 154 valence electrons. The summed E-state index contributed by atoms with van der Waals surface area (Å²) in [6.45, 7) is 1.86. The molecule has 7 heteroatoms. The van der Waals surface area contributed by atoms with E-state index in [2.05, 4.69) is 31.2 Å². The Morgan fingerprint density at radius 3 is 2.59 bits per heavy atom. The van der Waals surface area contributed by atoms with Crippen LogP contribution in [0.4, 0.5) is 4.39 Å². The Labute approximate surface area is 182 Å². The standard InChI is InChI=1S/C25H17FN6/c1-14-10-16(12-17(26)11-14)22-24-21(7-9-28-22)29-25(30-24)23-18-13-15(5-6-20(18)31-32-23)19-4-2-3-8-27-19/h2-13H,1H3,(H,29,30)(H,31,32). The molecule has 4 heterocycles. The van der Waals surface area contributed by atoms with Crippen molar-refractivity contribution in [1.29, 1.82) is 0 Å². The second kappa shape index (κ2) is 7.09. The lowest BCUT2D eigenvalue weighted by Crippen LogP contribution is -1.88. The van der Waals surface area contributed by atoms with Gasteiger partial charge in [0.05, 0.1) is 22.4 Å². The van der Waals surface area contributed by atoms with Crippen LogP contribution in [-0.4, -0.2) is 30.1 Å². The summed E-state index contributed by atoms with van der Waals surface area (Å²) < 4.78 is 14.0. The number of hydrogen-bond donors (Lipinski definition) is 2. The number of halogens is 1. The number of nitrogens with zero attached hydrogens (tertiary/aromatic N) is 4. The summed E-state index contributed by atoms with van der Waals surface area (Å²) in [5.74, 6) is 0.321. The Hall–Kier alpha value is -4.39. The highest BCUT2D eigenvalue weighted by molar-refractivity contribution is 5.97. The summed E-state index contributed by atoms with van der Waals surface area (Å²) >= 11 is 0. The maximum atomic E-state index is 14.0. The fourth-order valence-electron chi connectivity index (χ4n) is 4.02. The summed E-state index contributed by atoms with van der Waals surface area (Å²) in [6.07, 6.45) is 3.47. The SMILES string of the molecule is Cc1cc(F)cc(-c2nccc3[nH]c(-c4n[nH]c5ccc(-c6ccccn6)cc45)nc23)c1. The first-order valence-electron chi connectivity index (χ1n) is 10.2. The van der Waals surface area contributed by atoms with Crippen molar-refractivity contribution in [3.05, 3.63) is 84.4 Å². The summed E-state index contributed by atoms with van der Waals surface area (Å²) in [6, 6.07) is 18.6. The Balaban J connectivity index is 1.52. The van der Waals surface area contributed by atoms with Crippen molar-refractivity contribution < 1.29 is 4.39 Å². The van der Waals surface area contributed by atoms with Crippen molar-refractivity contribution in [2.24, 2.45) is 0 Å². The molecule has 0 saturated carbocycles. The largest absolute Gasteiger partial charge is 0.336 e. The van der Waals surface area contributed by atoms with Crippen molar-refractivity contribution in [1.82, 2.24) is 30.1 Å². The fraction of sp³-hybridized carbons (Fsp3) is 0.0400. The quantitative estimate of drug-likeness (QED) is 0.386. The molecule has 0 aliphatic rings. The van der Waals surface area contributed by atoms with Crippen molar-refractivity contribution in [3.8, 4) is 34.0 Å². The molecule has 0 radical (unpaired) electrons. The topological polar surface area (TPSA) is 83.1 Å². The first-order valence-corrected chi connectivity index (χ1v) is 10.2. The van der Waals surface area contributed by atoms with Gasteiger partial charge < -0.3 is 4.98 Å². The van der Waals surface area contributed by atoms with Crippen LogP contribution in [0.3, 0.4) is 0 Å². The number of aromatic amines is 2. The molecule has 0 aliphatic heterocycles. The third kappa shape index (κ3) is 3.02. The molecule has 2 aromatic carbocycles. The van der Waals surface area contributed by atoms with Gasteiger partial charge in [-0.05, 0) is 61.0 Å². The number of aromatic nitrogens is 6. The molecule has 0 bridgehead atoms. The number of fused-ring (bicyclic) bond motifs is 2. The minimum absolute atomic E-state index is 0.296. The van der Waals surface area contributed by atoms with E-state index in [1.807, 2.05) is 49.4 Å². The van der Waals surface area contributed by atoms with Gasteiger partial charge in [0.15, 0.2) is 5.82 Å². The zero-order chi connectivity index (χ0) is 21.7. The average molecular weight is 420 g/mol. The molecular weight excluding hydrogens is 403 g/mol. The van der Waals surface area contributed by atoms with Crippen LogP contribution >= 0.6 is 0 Å². The van der Waals surface area contributed by atoms with Gasteiger partial charge in [-0.2, -0.15) is 5.10 Å². The zero-order valence-electron chi connectivity index (χ0n) is 17.1. The van der Waals surface area contributed by atoms with Gasteiger partial charge in [0, 0.05) is 28.9 Å². The number of hydrogen-bond acceptors (Lipinski definition) is 4. The number of imidazole rings is 1. The maximum absolute atomic E-state index is 14.0. The van der Waals surface area contributed by atoms with Gasteiger partial charge in [0.1, 0.15) is 17.0 Å². The van der Waals surface area contributed by atoms with Gasteiger partial charge in [0.2, 0.25) is 0 Å². The van der Waals surface area contributed by atoms with Gasteiger partial charge in [-0.1, -0.05) is 12.1 Å². The van der Waals surface area contributed by atoms with Crippen LogP contribution in [0, 0.1) is 12.7 Å². The van der Waals surface area contributed by atoms with E-state index in [0.29, 0.717) is 28.3 Å². The number of nitrogens with one attached hydrogen (secondary N) is 2. The monoisotopic (exact) mass is 420 g/mol. The maximum Gasteiger partial charge on any atom is 0.159 e. The first kappa shape index (κ1) is 18.4. The second-order valence-electron chi connectivity index (χ2n) is 7.71. The molecular formula is C25H17FN6. The molecule has 0 amide bonds. The number of rotatable bonds is 3. The van der Waals surface area contributed by atoms with Gasteiger partial charge in [-0.25, -0.2) is 9.37 Å². The molecule has 2 N–H and O–H groups in total. The Kier molecular flexibility index (Phi) is 4.07. The van der Waals surface area contributed by atoms with E-state index >= 15 is 0 Å². The van der Waals surface area contributed by atoms with Gasteiger partial charge >= 0.3 is 0 Å². The smallest absolute Gasteiger partial charge is 0.159 e. The van der Waals surface area contributed by atoms with Gasteiger partial charge in [-0.15, -0.1) is 0 Å². The van der Waals surface area contributed by atoms with Crippen LogP contribution in [0.1, 0.15) is 5.56 Å². The fourth-order valence-corrected chi connectivity index (χ4v) is 4.02. The molecule has 6 aromatic rings. The summed E-state index contributed by atoms with van der Waals surface area (Å²) in [5.41, 5.74) is 7.11. The highest BCUT2D eigenvalue weighted by Crippen LogP contribution is 2.32. The molecule has 0 atom stereocenters. The number of pyridine rings is 2. The van der Waals surface area contributed by atoms with E-state index in [0.717, 1.165) is 33.2 Å². The molecule has 6 rings (SSSR count). The van der Waals surface area contributed by atoms with Crippen LogP contribution in [-0.2, 0) is 0 Å². The van der Waals surface area contributed by atoms with E-state index in [4.69, 9.17) is 4.98 Å². The molecule has 6 nitrogen and oxygen atoms in total.